The number of anilines is 1. The third-order valence-electron chi connectivity index (χ3n) is 10.2. The van der Waals surface area contributed by atoms with Crippen LogP contribution in [0.15, 0.2) is 77.6 Å². The van der Waals surface area contributed by atoms with Gasteiger partial charge in [0.15, 0.2) is 0 Å². The number of carboxylic acids is 1. The van der Waals surface area contributed by atoms with E-state index in [1.54, 1.807) is 6.08 Å². The molecule has 11 heteroatoms. The second kappa shape index (κ2) is 17.2. The molecule has 5 aromatic rings. The molecule has 2 atom stereocenters. The van der Waals surface area contributed by atoms with Crippen LogP contribution in [0.4, 0.5) is 5.69 Å². The summed E-state index contributed by atoms with van der Waals surface area (Å²) in [6, 6.07) is 26.2. The number of aliphatic carboxylic acids is 1. The predicted octanol–water partition coefficient (Wildman–Crippen LogP) is 9.50. The van der Waals surface area contributed by atoms with E-state index in [0.29, 0.717) is 26.0 Å². The lowest BCUT2D eigenvalue weighted by Crippen LogP contribution is -2.35. The number of carboxylic acid groups (broad SMARTS) is 1. The summed E-state index contributed by atoms with van der Waals surface area (Å²) < 4.78 is 3.56. The van der Waals surface area contributed by atoms with Crippen molar-refractivity contribution in [2.24, 2.45) is 0 Å². The van der Waals surface area contributed by atoms with Crippen molar-refractivity contribution in [1.82, 2.24) is 9.47 Å². The lowest BCUT2D eigenvalue weighted by Gasteiger charge is -2.33. The standard InChI is InChI=1S/C43H47N3O4S4/c1-6-10-11-28(8-3)30-14-15-31-25-34(52-35(31)24-30)29-16-18-32(19-17-29)43(5,22-7-2)44-33-20-12-27(13-21-33)23-36-39(49)46(26-37(47)48)41(53-36)38-40(50)45(9-4)42(51)54-38/h12-21,23-25,28,44H,6-11,22,26H2,1-5H3,(H,47,48)/b36-23+,41-38-. The van der Waals surface area contributed by atoms with Crippen molar-refractivity contribution in [3.63, 3.8) is 0 Å². The van der Waals surface area contributed by atoms with Gasteiger partial charge in [-0.25, -0.2) is 0 Å². The molecule has 0 spiro atoms. The van der Waals surface area contributed by atoms with Crippen LogP contribution in [0.2, 0.25) is 0 Å². The minimum absolute atomic E-state index is 0.285. The zero-order chi connectivity index (χ0) is 38.6. The van der Waals surface area contributed by atoms with Gasteiger partial charge in [-0.1, -0.05) is 113 Å². The molecule has 0 aliphatic carbocycles. The van der Waals surface area contributed by atoms with Gasteiger partial charge in [0.2, 0.25) is 0 Å². The summed E-state index contributed by atoms with van der Waals surface area (Å²) in [5.74, 6) is -0.850. The van der Waals surface area contributed by atoms with E-state index in [9.17, 15) is 19.5 Å². The van der Waals surface area contributed by atoms with Crippen LogP contribution in [-0.4, -0.2) is 37.3 Å². The summed E-state index contributed by atoms with van der Waals surface area (Å²) in [6.45, 7) is 10.7. The number of amides is 1. The molecule has 7 nitrogen and oxygen atoms in total. The quantitative estimate of drug-likeness (QED) is 0.102. The van der Waals surface area contributed by atoms with E-state index in [0.717, 1.165) is 51.8 Å². The third kappa shape index (κ3) is 8.44. The predicted molar refractivity (Wildman–Crippen MR) is 232 cm³/mol. The monoisotopic (exact) mass is 797 g/mol. The average Bonchev–Trinajstić information content (AvgIpc) is 3.81. The topological polar surface area (TPSA) is 91.6 Å². The fourth-order valence-corrected chi connectivity index (χ4v) is 10.9. The van der Waals surface area contributed by atoms with Crippen molar-refractivity contribution in [2.45, 2.75) is 91.1 Å². The highest BCUT2D eigenvalue weighted by Gasteiger charge is 2.33. The van der Waals surface area contributed by atoms with Crippen molar-refractivity contribution in [2.75, 3.05) is 11.9 Å². The van der Waals surface area contributed by atoms with Crippen LogP contribution in [0.3, 0.4) is 0 Å². The number of thiocarbonyl (C=S) groups is 1. The number of hydrogen-bond donors (Lipinski definition) is 2. The molecular formula is C43H47N3O4S4. The fourth-order valence-electron chi connectivity index (χ4n) is 7.18. The molecule has 1 fully saturated rings. The van der Waals surface area contributed by atoms with Crippen LogP contribution >= 0.6 is 46.7 Å². The first-order chi connectivity index (χ1) is 26.0. The van der Waals surface area contributed by atoms with Crippen LogP contribution in [0, 0.1) is 0 Å². The number of nitrogens with one attached hydrogen (secondary N) is 1. The SMILES string of the molecule is CCCCC(CC)c1ccc2cc(-c3ccc(C(C)(CCC)Nc4ccc(/C=c5/s/c(=C6\SC(=S)N(CC)C6=O)n(CC(=O)O)c5=O)cc4)cc3)sc2c1. The van der Waals surface area contributed by atoms with E-state index in [4.69, 9.17) is 12.2 Å². The zero-order valence-corrected chi connectivity index (χ0v) is 34.7. The lowest BCUT2D eigenvalue weighted by atomic mass is 9.86. The smallest absolute Gasteiger partial charge is 0.323 e. The summed E-state index contributed by atoms with van der Waals surface area (Å²) in [4.78, 5) is 41.2. The number of rotatable bonds is 15. The molecular weight excluding hydrogens is 751 g/mol. The lowest BCUT2D eigenvalue weighted by molar-refractivity contribution is -0.137. The number of aromatic nitrogens is 1. The molecule has 1 amide bonds. The highest BCUT2D eigenvalue weighted by atomic mass is 32.2. The first-order valence-electron chi connectivity index (χ1n) is 18.7. The summed E-state index contributed by atoms with van der Waals surface area (Å²) in [5.41, 5.74) is 4.85. The number of fused-ring (bicyclic) bond motifs is 1. The van der Waals surface area contributed by atoms with Crippen LogP contribution in [-0.2, 0) is 21.7 Å². The van der Waals surface area contributed by atoms with Crippen LogP contribution < -0.4 is 20.1 Å². The Labute approximate surface area is 334 Å². The Morgan fingerprint density at radius 3 is 2.33 bits per heavy atom. The van der Waals surface area contributed by atoms with Crippen LogP contribution in [0.5, 0.6) is 0 Å². The van der Waals surface area contributed by atoms with Gasteiger partial charge in [0.25, 0.3) is 11.5 Å². The number of thiazole rings is 1. The molecule has 2 unspecified atom stereocenters. The van der Waals surface area contributed by atoms with Gasteiger partial charge in [0.05, 0.1) is 10.1 Å². The number of thiophene rings is 1. The van der Waals surface area contributed by atoms with Gasteiger partial charge in [-0.2, -0.15) is 0 Å². The summed E-state index contributed by atoms with van der Waals surface area (Å²) >= 11 is 9.45. The van der Waals surface area contributed by atoms with Crippen molar-refractivity contribution in [3.05, 3.63) is 109 Å². The first kappa shape index (κ1) is 39.7. The molecule has 0 radical (unpaired) electrons. The van der Waals surface area contributed by atoms with E-state index in [1.165, 1.54) is 62.2 Å². The third-order valence-corrected chi connectivity index (χ3v) is 14.0. The van der Waals surface area contributed by atoms with E-state index < -0.39 is 18.1 Å². The van der Waals surface area contributed by atoms with Gasteiger partial charge >= 0.3 is 5.97 Å². The maximum absolute atomic E-state index is 13.4. The summed E-state index contributed by atoms with van der Waals surface area (Å²) in [7, 11) is 0. The van der Waals surface area contributed by atoms with E-state index in [-0.39, 0.29) is 16.4 Å². The molecule has 1 aliphatic rings. The van der Waals surface area contributed by atoms with Gasteiger partial charge in [-0.05, 0) is 97.0 Å². The van der Waals surface area contributed by atoms with Crippen molar-refractivity contribution in [1.29, 1.82) is 0 Å². The molecule has 0 bridgehead atoms. The molecule has 3 aromatic carbocycles. The summed E-state index contributed by atoms with van der Waals surface area (Å²) in [6.07, 6.45) is 8.59. The average molecular weight is 798 g/mol. The fraction of sp³-hybridized carbons (Fsp3) is 0.349. The molecule has 0 saturated carbocycles. The molecule has 282 valence electrons. The Balaban J connectivity index is 1.23. The number of unbranched alkanes of at least 4 members (excludes halogenated alkanes) is 1. The molecule has 2 N–H and O–H groups in total. The Bertz CT molecular complexity index is 2360. The van der Waals surface area contributed by atoms with Gasteiger partial charge in [0.1, 0.15) is 20.4 Å². The van der Waals surface area contributed by atoms with Crippen LogP contribution in [0.1, 0.15) is 95.8 Å². The number of nitrogens with zero attached hydrogens (tertiary/aromatic N) is 2. The molecule has 1 aliphatic heterocycles. The first-order valence-corrected chi connectivity index (χ1v) is 21.6. The minimum Gasteiger partial charge on any atom is -0.480 e. The van der Waals surface area contributed by atoms with Crippen LogP contribution in [0.25, 0.3) is 31.5 Å². The Kier molecular flexibility index (Phi) is 12.6. The second-order valence-electron chi connectivity index (χ2n) is 14.0. The van der Waals surface area contributed by atoms with Crippen molar-refractivity contribution in [3.8, 4) is 10.4 Å². The normalized spacial score (nSPS) is 16.3. The van der Waals surface area contributed by atoms with Gasteiger partial charge in [-0.3, -0.25) is 23.9 Å². The highest BCUT2D eigenvalue weighted by Crippen LogP contribution is 2.38. The molecule has 2 aromatic heterocycles. The van der Waals surface area contributed by atoms with E-state index >= 15 is 0 Å². The Hall–Kier alpha value is -4.03. The number of benzene rings is 3. The largest absolute Gasteiger partial charge is 0.480 e. The molecule has 1 saturated heterocycles. The van der Waals surface area contributed by atoms with E-state index in [1.807, 2.05) is 42.5 Å². The number of thioether (sulfide) groups is 1. The molecule has 54 heavy (non-hydrogen) atoms. The zero-order valence-electron chi connectivity index (χ0n) is 31.4. The van der Waals surface area contributed by atoms with Gasteiger partial charge in [0, 0.05) is 21.8 Å². The van der Waals surface area contributed by atoms with E-state index in [2.05, 4.69) is 81.5 Å². The maximum Gasteiger partial charge on any atom is 0.323 e. The van der Waals surface area contributed by atoms with Crippen molar-refractivity contribution < 1.29 is 14.7 Å². The van der Waals surface area contributed by atoms with Crippen molar-refractivity contribution >= 4 is 89.6 Å². The molecule has 6 rings (SSSR count). The summed E-state index contributed by atoms with van der Waals surface area (Å²) in [5, 5.41) is 14.6. The highest BCUT2D eigenvalue weighted by molar-refractivity contribution is 8.30. The number of carbonyl (C=O) groups is 2. The van der Waals surface area contributed by atoms with Gasteiger partial charge < -0.3 is 10.4 Å². The Morgan fingerprint density at radius 1 is 0.963 bits per heavy atom. The number of carbonyl (C=O) groups excluding carboxylic acids is 1. The Morgan fingerprint density at radius 2 is 1.70 bits per heavy atom. The van der Waals surface area contributed by atoms with Gasteiger partial charge in [-0.15, -0.1) is 22.7 Å². The number of hydrogen-bond acceptors (Lipinski definition) is 8. The molecule has 3 heterocycles. The maximum atomic E-state index is 13.4. The second-order valence-corrected chi connectivity index (χ2v) is 17.8. The minimum atomic E-state index is -1.16.